The molecule has 0 aliphatic heterocycles. The van der Waals surface area contributed by atoms with Gasteiger partial charge in [-0.3, -0.25) is 9.97 Å². The number of hydrogen-bond donors (Lipinski definition) is 1. The van der Waals surface area contributed by atoms with Gasteiger partial charge in [-0.05, 0) is 41.8 Å². The van der Waals surface area contributed by atoms with Crippen molar-refractivity contribution in [2.45, 2.75) is 13.0 Å². The molecule has 0 amide bonds. The summed E-state index contributed by atoms with van der Waals surface area (Å²) in [6, 6.07) is 11.6. The molecule has 1 unspecified atom stereocenters. The smallest absolute Gasteiger partial charge is 0.104 e. The molecule has 0 spiro atoms. The lowest BCUT2D eigenvalue weighted by molar-refractivity contribution is 0.219. The molecule has 2 aromatic heterocycles. The fourth-order valence-corrected chi connectivity index (χ4v) is 2.22. The van der Waals surface area contributed by atoms with E-state index in [1.54, 1.807) is 18.6 Å². The number of aryl methyl sites for hydroxylation is 1. The largest absolute Gasteiger partial charge is 0.384 e. The minimum absolute atomic E-state index is 0.644. The highest BCUT2D eigenvalue weighted by atomic mass is 16.3. The van der Waals surface area contributed by atoms with Crippen molar-refractivity contribution in [3.8, 4) is 0 Å². The molecule has 0 aliphatic carbocycles. The second kappa shape index (κ2) is 4.78. The van der Waals surface area contributed by atoms with Gasteiger partial charge in [0.1, 0.15) is 6.10 Å². The van der Waals surface area contributed by atoms with Crippen molar-refractivity contribution in [2.24, 2.45) is 0 Å². The van der Waals surface area contributed by atoms with Gasteiger partial charge >= 0.3 is 0 Å². The summed E-state index contributed by atoms with van der Waals surface area (Å²) in [6.07, 6.45) is 4.58. The molecule has 0 saturated carbocycles. The first kappa shape index (κ1) is 11.8. The van der Waals surface area contributed by atoms with Crippen molar-refractivity contribution in [1.82, 2.24) is 9.97 Å². The molecule has 0 fully saturated rings. The van der Waals surface area contributed by atoms with Crippen molar-refractivity contribution in [2.75, 3.05) is 0 Å². The Bertz CT molecular complexity index is 725. The number of aliphatic hydroxyl groups excluding tert-OH is 1. The monoisotopic (exact) mass is 250 g/mol. The SMILES string of the molecule is Cc1cnccc1C(O)c1ccc2cccnc2c1. The highest BCUT2D eigenvalue weighted by Gasteiger charge is 2.13. The zero-order valence-electron chi connectivity index (χ0n) is 10.6. The third kappa shape index (κ3) is 2.20. The van der Waals surface area contributed by atoms with Gasteiger partial charge in [0.05, 0.1) is 5.52 Å². The number of benzene rings is 1. The summed E-state index contributed by atoms with van der Waals surface area (Å²) in [7, 11) is 0. The first-order valence-electron chi connectivity index (χ1n) is 6.19. The molecular formula is C16H14N2O. The van der Waals surface area contributed by atoms with Gasteiger partial charge in [-0.1, -0.05) is 18.2 Å². The molecule has 3 aromatic rings. The summed E-state index contributed by atoms with van der Waals surface area (Å²) >= 11 is 0. The fraction of sp³-hybridized carbons (Fsp3) is 0.125. The average Bonchev–Trinajstić information content (AvgIpc) is 2.46. The molecule has 0 radical (unpaired) electrons. The van der Waals surface area contributed by atoms with Crippen LogP contribution in [0, 0.1) is 6.92 Å². The Morgan fingerprint density at radius 1 is 1.11 bits per heavy atom. The van der Waals surface area contributed by atoms with Gasteiger partial charge in [0.25, 0.3) is 0 Å². The number of aliphatic hydroxyl groups is 1. The van der Waals surface area contributed by atoms with Gasteiger partial charge in [0.15, 0.2) is 0 Å². The molecule has 0 bridgehead atoms. The molecule has 2 heterocycles. The number of hydrogen-bond acceptors (Lipinski definition) is 3. The zero-order valence-corrected chi connectivity index (χ0v) is 10.6. The van der Waals surface area contributed by atoms with E-state index in [9.17, 15) is 5.11 Å². The summed E-state index contributed by atoms with van der Waals surface area (Å²) in [4.78, 5) is 8.36. The van der Waals surface area contributed by atoms with Crippen LogP contribution in [0.25, 0.3) is 10.9 Å². The van der Waals surface area contributed by atoms with Gasteiger partial charge < -0.3 is 5.11 Å². The fourth-order valence-electron chi connectivity index (χ4n) is 2.22. The van der Waals surface area contributed by atoms with Crippen LogP contribution in [0.3, 0.4) is 0 Å². The number of nitrogens with zero attached hydrogens (tertiary/aromatic N) is 2. The molecule has 19 heavy (non-hydrogen) atoms. The summed E-state index contributed by atoms with van der Waals surface area (Å²) in [5.74, 6) is 0. The first-order valence-corrected chi connectivity index (χ1v) is 6.19. The van der Waals surface area contributed by atoms with Gasteiger partial charge in [0, 0.05) is 24.0 Å². The van der Waals surface area contributed by atoms with Crippen molar-refractivity contribution in [3.05, 3.63) is 71.7 Å². The van der Waals surface area contributed by atoms with Crippen LogP contribution in [0.5, 0.6) is 0 Å². The Kier molecular flexibility index (Phi) is 2.97. The third-order valence-corrected chi connectivity index (χ3v) is 3.30. The lowest BCUT2D eigenvalue weighted by atomic mass is 9.98. The summed E-state index contributed by atoms with van der Waals surface area (Å²) in [5, 5.41) is 11.6. The third-order valence-electron chi connectivity index (χ3n) is 3.30. The molecule has 0 aliphatic rings. The maximum atomic E-state index is 10.5. The van der Waals surface area contributed by atoms with Crippen LogP contribution < -0.4 is 0 Å². The van der Waals surface area contributed by atoms with E-state index >= 15 is 0 Å². The molecular weight excluding hydrogens is 236 g/mol. The van der Waals surface area contributed by atoms with E-state index in [4.69, 9.17) is 0 Å². The van der Waals surface area contributed by atoms with Crippen molar-refractivity contribution >= 4 is 10.9 Å². The topological polar surface area (TPSA) is 46.0 Å². The van der Waals surface area contributed by atoms with Gasteiger partial charge in [-0.25, -0.2) is 0 Å². The lowest BCUT2D eigenvalue weighted by Gasteiger charge is -2.14. The molecule has 1 N–H and O–H groups in total. The maximum Gasteiger partial charge on any atom is 0.104 e. The maximum absolute atomic E-state index is 10.5. The number of pyridine rings is 2. The zero-order chi connectivity index (χ0) is 13.2. The van der Waals surface area contributed by atoms with Gasteiger partial charge in [-0.15, -0.1) is 0 Å². The Balaban J connectivity index is 2.07. The second-order valence-corrected chi connectivity index (χ2v) is 4.59. The predicted octanol–water partition coefficient (Wildman–Crippen LogP) is 3.02. The Hall–Kier alpha value is -2.26. The normalized spacial score (nSPS) is 12.5. The van der Waals surface area contributed by atoms with E-state index in [0.717, 1.165) is 27.6 Å². The van der Waals surface area contributed by atoms with Crippen molar-refractivity contribution < 1.29 is 5.11 Å². The summed E-state index contributed by atoms with van der Waals surface area (Å²) in [5.41, 5.74) is 3.60. The Morgan fingerprint density at radius 3 is 2.84 bits per heavy atom. The first-order chi connectivity index (χ1) is 9.25. The lowest BCUT2D eigenvalue weighted by Crippen LogP contribution is -2.02. The van der Waals surface area contributed by atoms with Crippen LogP contribution in [-0.4, -0.2) is 15.1 Å². The number of fused-ring (bicyclic) bond motifs is 1. The molecule has 3 heteroatoms. The highest BCUT2D eigenvalue weighted by molar-refractivity contribution is 5.79. The molecule has 0 saturated heterocycles. The molecule has 3 nitrogen and oxygen atoms in total. The van der Waals surface area contributed by atoms with Gasteiger partial charge in [-0.2, -0.15) is 0 Å². The van der Waals surface area contributed by atoms with Crippen LogP contribution in [-0.2, 0) is 0 Å². The highest BCUT2D eigenvalue weighted by Crippen LogP contribution is 2.26. The van der Waals surface area contributed by atoms with E-state index in [1.807, 2.05) is 43.3 Å². The van der Waals surface area contributed by atoms with E-state index in [-0.39, 0.29) is 0 Å². The van der Waals surface area contributed by atoms with E-state index < -0.39 is 6.10 Å². The minimum Gasteiger partial charge on any atom is -0.384 e. The van der Waals surface area contributed by atoms with Crippen LogP contribution in [0.1, 0.15) is 22.8 Å². The number of rotatable bonds is 2. The van der Waals surface area contributed by atoms with E-state index in [0.29, 0.717) is 0 Å². The minimum atomic E-state index is -0.644. The van der Waals surface area contributed by atoms with Crippen molar-refractivity contribution in [1.29, 1.82) is 0 Å². The van der Waals surface area contributed by atoms with Crippen LogP contribution in [0.2, 0.25) is 0 Å². The van der Waals surface area contributed by atoms with E-state index in [1.165, 1.54) is 0 Å². The Morgan fingerprint density at radius 2 is 2.00 bits per heavy atom. The number of aromatic nitrogens is 2. The molecule has 3 rings (SSSR count). The van der Waals surface area contributed by atoms with Crippen LogP contribution in [0.15, 0.2) is 55.0 Å². The molecule has 94 valence electrons. The van der Waals surface area contributed by atoms with E-state index in [2.05, 4.69) is 9.97 Å². The summed E-state index contributed by atoms with van der Waals surface area (Å²) in [6.45, 7) is 1.95. The standard InChI is InChI=1S/C16H14N2O/c1-11-10-17-8-6-14(11)16(19)13-5-4-12-3-2-7-18-15(12)9-13/h2-10,16,19H,1H3. The van der Waals surface area contributed by atoms with Crippen LogP contribution >= 0.6 is 0 Å². The molecule has 1 atom stereocenters. The Labute approximate surface area is 111 Å². The second-order valence-electron chi connectivity index (χ2n) is 4.59. The predicted molar refractivity (Wildman–Crippen MR) is 74.8 cm³/mol. The molecule has 1 aromatic carbocycles. The summed E-state index contributed by atoms with van der Waals surface area (Å²) < 4.78 is 0. The average molecular weight is 250 g/mol. The van der Waals surface area contributed by atoms with Crippen LogP contribution in [0.4, 0.5) is 0 Å². The van der Waals surface area contributed by atoms with Gasteiger partial charge in [0.2, 0.25) is 0 Å². The quantitative estimate of drug-likeness (QED) is 0.760. The van der Waals surface area contributed by atoms with Crippen molar-refractivity contribution in [3.63, 3.8) is 0 Å².